The summed E-state index contributed by atoms with van der Waals surface area (Å²) in [6.07, 6.45) is 5.88. The standard InChI is InChI=1S/C13H24O3S2/c1-4-5-6-7-10-17-16-18-11-8-9-15-13(14)12(2)3/h2,4-11H2,1,3H3. The molecule has 5 heteroatoms. The first-order chi connectivity index (χ1) is 8.68. The van der Waals surface area contributed by atoms with Crippen molar-refractivity contribution in [3.05, 3.63) is 12.2 Å². The van der Waals surface area contributed by atoms with Crippen molar-refractivity contribution >= 4 is 30.1 Å². The highest BCUT2D eigenvalue weighted by molar-refractivity contribution is 8.07. The molecule has 0 aromatic carbocycles. The topological polar surface area (TPSA) is 35.5 Å². The SMILES string of the molecule is C=C(C)C(=O)OCCCSOSCCCCCC. The lowest BCUT2D eigenvalue weighted by Crippen LogP contribution is -2.06. The average Bonchev–Trinajstić information content (AvgIpc) is 2.35. The molecule has 0 aromatic rings. The summed E-state index contributed by atoms with van der Waals surface area (Å²) >= 11 is 2.94. The summed E-state index contributed by atoms with van der Waals surface area (Å²) in [7, 11) is 0. The van der Waals surface area contributed by atoms with Crippen molar-refractivity contribution in [1.82, 2.24) is 0 Å². The minimum absolute atomic E-state index is 0.314. The maximum Gasteiger partial charge on any atom is 0.333 e. The lowest BCUT2D eigenvalue weighted by Gasteiger charge is -2.04. The highest BCUT2D eigenvalue weighted by Gasteiger charge is 2.01. The molecule has 3 nitrogen and oxygen atoms in total. The van der Waals surface area contributed by atoms with Crippen LogP contribution in [0.2, 0.25) is 0 Å². The van der Waals surface area contributed by atoms with Crippen LogP contribution in [0.5, 0.6) is 0 Å². The van der Waals surface area contributed by atoms with Gasteiger partial charge in [0, 0.05) is 41.2 Å². The molecular weight excluding hydrogens is 268 g/mol. The minimum atomic E-state index is -0.314. The largest absolute Gasteiger partial charge is 0.462 e. The number of rotatable bonds is 12. The van der Waals surface area contributed by atoms with Crippen LogP contribution in [-0.4, -0.2) is 24.1 Å². The van der Waals surface area contributed by atoms with Crippen molar-refractivity contribution in [1.29, 1.82) is 0 Å². The van der Waals surface area contributed by atoms with E-state index in [9.17, 15) is 4.79 Å². The summed E-state index contributed by atoms with van der Waals surface area (Å²) in [6.45, 7) is 7.81. The molecule has 0 N–H and O–H groups in total. The first-order valence-electron chi connectivity index (χ1n) is 6.42. The number of esters is 1. The Morgan fingerprint density at radius 1 is 1.11 bits per heavy atom. The first-order valence-corrected chi connectivity index (χ1v) is 8.24. The van der Waals surface area contributed by atoms with E-state index in [0.29, 0.717) is 12.2 Å². The van der Waals surface area contributed by atoms with Gasteiger partial charge in [0.25, 0.3) is 0 Å². The van der Waals surface area contributed by atoms with Gasteiger partial charge in [-0.15, -0.1) is 0 Å². The van der Waals surface area contributed by atoms with E-state index in [1.54, 1.807) is 6.92 Å². The molecule has 0 aliphatic heterocycles. The Morgan fingerprint density at radius 2 is 1.78 bits per heavy atom. The summed E-state index contributed by atoms with van der Waals surface area (Å²) in [5, 5.41) is 0. The zero-order valence-corrected chi connectivity index (χ0v) is 13.0. The number of ether oxygens (including phenoxy) is 1. The second kappa shape index (κ2) is 13.3. The van der Waals surface area contributed by atoms with Crippen LogP contribution in [0.1, 0.15) is 46.0 Å². The average molecular weight is 292 g/mol. The molecule has 0 amide bonds. The van der Waals surface area contributed by atoms with Crippen molar-refractivity contribution < 1.29 is 13.2 Å². The van der Waals surface area contributed by atoms with Gasteiger partial charge in [0.2, 0.25) is 0 Å². The molecule has 18 heavy (non-hydrogen) atoms. The molecule has 0 bridgehead atoms. The summed E-state index contributed by atoms with van der Waals surface area (Å²) in [4.78, 5) is 11.0. The molecule has 0 atom stereocenters. The number of hydrogen-bond acceptors (Lipinski definition) is 5. The van der Waals surface area contributed by atoms with E-state index >= 15 is 0 Å². The molecule has 0 saturated carbocycles. The normalized spacial score (nSPS) is 10.3. The van der Waals surface area contributed by atoms with Gasteiger partial charge in [-0.05, 0) is 19.8 Å². The van der Waals surface area contributed by atoms with Gasteiger partial charge in [0.05, 0.1) is 6.61 Å². The number of hydrogen-bond donors (Lipinski definition) is 0. The van der Waals surface area contributed by atoms with Crippen LogP contribution in [0.25, 0.3) is 0 Å². The Kier molecular flexibility index (Phi) is 13.2. The number of carbonyl (C=O) groups is 1. The van der Waals surface area contributed by atoms with Crippen molar-refractivity contribution in [2.24, 2.45) is 0 Å². The zero-order valence-electron chi connectivity index (χ0n) is 11.4. The van der Waals surface area contributed by atoms with E-state index in [4.69, 9.17) is 8.37 Å². The summed E-state index contributed by atoms with van der Waals surface area (Å²) in [5.74, 6) is 1.58. The molecule has 0 radical (unpaired) electrons. The third kappa shape index (κ3) is 12.3. The molecule has 0 unspecified atom stereocenters. The summed E-state index contributed by atoms with van der Waals surface area (Å²) in [6, 6.07) is 0. The maximum atomic E-state index is 11.0. The molecular formula is C13H24O3S2. The Morgan fingerprint density at radius 3 is 2.39 bits per heavy atom. The quantitative estimate of drug-likeness (QED) is 0.231. The number of carbonyl (C=O) groups excluding carboxylic acids is 1. The van der Waals surface area contributed by atoms with Crippen molar-refractivity contribution in [2.45, 2.75) is 46.0 Å². The molecule has 0 aromatic heterocycles. The van der Waals surface area contributed by atoms with Crippen LogP contribution in [-0.2, 0) is 13.2 Å². The Bertz CT molecular complexity index is 232. The fraction of sp³-hybridized carbons (Fsp3) is 0.769. The van der Waals surface area contributed by atoms with Crippen LogP contribution >= 0.6 is 24.1 Å². The van der Waals surface area contributed by atoms with E-state index in [1.807, 2.05) is 0 Å². The molecule has 0 fully saturated rings. The molecule has 0 spiro atoms. The smallest absolute Gasteiger partial charge is 0.333 e. The van der Waals surface area contributed by atoms with Crippen LogP contribution < -0.4 is 0 Å². The van der Waals surface area contributed by atoms with Crippen LogP contribution in [0.3, 0.4) is 0 Å². The highest BCUT2D eigenvalue weighted by atomic mass is 32.2. The fourth-order valence-electron chi connectivity index (χ4n) is 1.10. The monoisotopic (exact) mass is 292 g/mol. The van der Waals surface area contributed by atoms with Crippen LogP contribution in [0.15, 0.2) is 12.2 Å². The Balaban J connectivity index is 3.07. The predicted octanol–water partition coefficient (Wildman–Crippen LogP) is 4.39. The van der Waals surface area contributed by atoms with E-state index in [2.05, 4.69) is 13.5 Å². The third-order valence-corrected chi connectivity index (χ3v) is 3.81. The van der Waals surface area contributed by atoms with E-state index in [-0.39, 0.29) is 5.97 Å². The van der Waals surface area contributed by atoms with Gasteiger partial charge in [0.1, 0.15) is 0 Å². The van der Waals surface area contributed by atoms with Crippen molar-refractivity contribution in [2.75, 3.05) is 18.1 Å². The third-order valence-electron chi connectivity index (χ3n) is 2.13. The lowest BCUT2D eigenvalue weighted by atomic mass is 10.2. The zero-order chi connectivity index (χ0) is 13.6. The highest BCUT2D eigenvalue weighted by Crippen LogP contribution is 2.17. The Labute approximate surface area is 119 Å². The second-order valence-electron chi connectivity index (χ2n) is 4.04. The number of unbranched alkanes of at least 4 members (excludes halogenated alkanes) is 3. The Hall–Kier alpha value is -0.130. The van der Waals surface area contributed by atoms with Gasteiger partial charge >= 0.3 is 5.97 Å². The van der Waals surface area contributed by atoms with Crippen LogP contribution in [0, 0.1) is 0 Å². The van der Waals surface area contributed by atoms with E-state index in [0.717, 1.165) is 17.9 Å². The van der Waals surface area contributed by atoms with E-state index in [1.165, 1.54) is 49.8 Å². The fourth-order valence-corrected chi connectivity index (χ4v) is 2.47. The van der Waals surface area contributed by atoms with Gasteiger partial charge < -0.3 is 4.74 Å². The molecule has 0 heterocycles. The molecule has 0 aliphatic rings. The van der Waals surface area contributed by atoms with Crippen molar-refractivity contribution in [3.63, 3.8) is 0 Å². The van der Waals surface area contributed by atoms with Gasteiger partial charge in [-0.1, -0.05) is 32.8 Å². The predicted molar refractivity (Wildman–Crippen MR) is 80.5 cm³/mol. The van der Waals surface area contributed by atoms with Gasteiger partial charge in [0.15, 0.2) is 0 Å². The maximum absolute atomic E-state index is 11.0. The van der Waals surface area contributed by atoms with Gasteiger partial charge in [-0.3, -0.25) is 0 Å². The van der Waals surface area contributed by atoms with Gasteiger partial charge in [-0.25, -0.2) is 8.42 Å². The molecule has 0 rings (SSSR count). The molecule has 106 valence electrons. The van der Waals surface area contributed by atoms with Crippen LogP contribution in [0.4, 0.5) is 0 Å². The second-order valence-corrected chi connectivity index (χ2v) is 5.87. The summed E-state index contributed by atoms with van der Waals surface area (Å²) in [5.41, 5.74) is 0.446. The van der Waals surface area contributed by atoms with Gasteiger partial charge in [-0.2, -0.15) is 0 Å². The molecule has 0 aliphatic carbocycles. The minimum Gasteiger partial charge on any atom is -0.462 e. The summed E-state index contributed by atoms with van der Waals surface area (Å²) < 4.78 is 10.3. The molecule has 0 saturated heterocycles. The lowest BCUT2D eigenvalue weighted by molar-refractivity contribution is -0.138. The van der Waals surface area contributed by atoms with Crippen molar-refractivity contribution in [3.8, 4) is 0 Å². The first kappa shape index (κ1) is 17.9. The van der Waals surface area contributed by atoms with E-state index < -0.39 is 0 Å².